The van der Waals surface area contributed by atoms with Crippen molar-refractivity contribution in [3.05, 3.63) is 112 Å². The quantitative estimate of drug-likeness (QED) is 0.136. The maximum atomic E-state index is 12.2. The SMILES string of the molecule is C/C(=C\C1CCC(CCC2CCC(C)CC2)CC1)C1CCC(C/C=C/F)CC1.CC(=CC1CCC(C=CC2CCC(C)CC2)CC1)C1CCC(C/C=C/F)CC1.CC(=Cc1c(C)c(C)c(C)c(C)c1C)C1CCC(C/C=C/F)CC1. The van der Waals surface area contributed by atoms with Crippen LogP contribution < -0.4 is 0 Å². The predicted molar refractivity (Wildman–Crippen MR) is 344 cm³/mol. The molecule has 7 fully saturated rings. The average Bonchev–Trinajstić information content (AvgIpc) is 3.50. The lowest BCUT2D eigenvalue weighted by Gasteiger charge is -2.32. The molecule has 0 atom stereocenters. The number of benzene rings is 1. The fourth-order valence-electron chi connectivity index (χ4n) is 16.4. The second-order valence-corrected chi connectivity index (χ2v) is 28.8. The highest BCUT2D eigenvalue weighted by Crippen LogP contribution is 2.42. The Morgan fingerprint density at radius 3 is 0.975 bits per heavy atom. The summed E-state index contributed by atoms with van der Waals surface area (Å²) in [7, 11) is 0. The molecule has 0 unspecified atom stereocenters. The minimum Gasteiger partial charge on any atom is -0.216 e. The van der Waals surface area contributed by atoms with Crippen molar-refractivity contribution in [1.82, 2.24) is 0 Å². The van der Waals surface area contributed by atoms with Crippen molar-refractivity contribution in [3.63, 3.8) is 0 Å². The Hall–Kier alpha value is -2.81. The zero-order chi connectivity index (χ0) is 57.4. The van der Waals surface area contributed by atoms with Crippen LogP contribution in [0.4, 0.5) is 13.2 Å². The number of hydrogen-bond acceptors (Lipinski definition) is 0. The fourth-order valence-corrected chi connectivity index (χ4v) is 16.4. The monoisotopic (exact) mass is 1100 g/mol. The van der Waals surface area contributed by atoms with Crippen molar-refractivity contribution in [1.29, 1.82) is 0 Å². The van der Waals surface area contributed by atoms with E-state index < -0.39 is 0 Å². The Morgan fingerprint density at radius 2 is 0.613 bits per heavy atom. The Kier molecular flexibility index (Phi) is 29.4. The molecule has 1 aromatic rings. The third-order valence-electron chi connectivity index (χ3n) is 23.1. The van der Waals surface area contributed by atoms with Crippen LogP contribution in [0.1, 0.15) is 280 Å². The topological polar surface area (TPSA) is 0 Å². The molecule has 0 aliphatic heterocycles. The third-order valence-corrected chi connectivity index (χ3v) is 23.1. The molecule has 3 heteroatoms. The molecule has 0 N–H and O–H groups in total. The van der Waals surface area contributed by atoms with Crippen molar-refractivity contribution in [2.45, 2.75) is 281 Å². The Labute approximate surface area is 492 Å². The first-order valence-corrected chi connectivity index (χ1v) is 34.2. The van der Waals surface area contributed by atoms with Crippen LogP contribution in [0.15, 0.2) is 78.2 Å². The lowest BCUT2D eigenvalue weighted by molar-refractivity contribution is 0.232. The average molecular weight is 1100 g/mol. The number of allylic oxidation sites excluding steroid dienone is 10. The van der Waals surface area contributed by atoms with Gasteiger partial charge in [0.15, 0.2) is 0 Å². The van der Waals surface area contributed by atoms with E-state index in [0.29, 0.717) is 24.1 Å². The summed E-state index contributed by atoms with van der Waals surface area (Å²) < 4.78 is 36.6. The van der Waals surface area contributed by atoms with Crippen LogP contribution in [-0.2, 0) is 0 Å². The van der Waals surface area contributed by atoms with Crippen LogP contribution in [0.3, 0.4) is 0 Å². The smallest absolute Gasteiger partial charge is 0.0827 e. The van der Waals surface area contributed by atoms with E-state index in [1.807, 2.05) is 0 Å². The van der Waals surface area contributed by atoms with E-state index in [4.69, 9.17) is 0 Å². The van der Waals surface area contributed by atoms with Gasteiger partial charge >= 0.3 is 0 Å². The third kappa shape index (κ3) is 22.0. The van der Waals surface area contributed by atoms with E-state index in [1.165, 1.54) is 232 Å². The minimum absolute atomic E-state index is 0.674. The van der Waals surface area contributed by atoms with Gasteiger partial charge in [-0.15, -0.1) is 0 Å². The standard InChI is InChI=1S/C27H45F.C27H43F.C23H33F/c2*1-21-5-7-24(8-6-21)9-10-25-11-13-26(14-12-25)20-22(2)27-17-15-23(16-18-27)4-3-19-28;1-15(22-11-9-21(10-12-22)8-7-13-24)14-23-19(5)17(3)16(2)18(4)20(23)6/h3,19-21,23-27H,4-18H2,1-2H3;3,9-10,19-21,23-27H,4-8,11-18H2,1-2H3;7,13-14,21-22H,8-12H2,1-6H3/b19-3+,22-20+;10-9?,19-3+,22-20?;13-7+,15-14?. The van der Waals surface area contributed by atoms with Gasteiger partial charge in [0.1, 0.15) is 0 Å². The van der Waals surface area contributed by atoms with Crippen LogP contribution in [0.5, 0.6) is 0 Å². The van der Waals surface area contributed by atoms with Crippen LogP contribution in [0, 0.1) is 117 Å². The predicted octanol–water partition coefficient (Wildman–Crippen LogP) is 25.1. The van der Waals surface area contributed by atoms with Gasteiger partial charge in [-0.1, -0.05) is 131 Å². The molecule has 7 saturated carbocycles. The van der Waals surface area contributed by atoms with Gasteiger partial charge in [-0.05, 0) is 332 Å². The van der Waals surface area contributed by atoms with Gasteiger partial charge in [-0.3, -0.25) is 0 Å². The van der Waals surface area contributed by atoms with Crippen LogP contribution in [-0.4, -0.2) is 0 Å². The van der Waals surface area contributed by atoms with Gasteiger partial charge in [0.25, 0.3) is 0 Å². The molecule has 0 heterocycles. The molecule has 0 saturated heterocycles. The molecular weight excluding hydrogens is 982 g/mol. The number of halogens is 3. The van der Waals surface area contributed by atoms with Crippen LogP contribution in [0.25, 0.3) is 6.08 Å². The molecule has 0 nitrogen and oxygen atoms in total. The summed E-state index contributed by atoms with van der Waals surface area (Å²) in [5, 5.41) is 0. The summed E-state index contributed by atoms with van der Waals surface area (Å²) in [5.74, 6) is 11.8. The van der Waals surface area contributed by atoms with Crippen molar-refractivity contribution >= 4 is 6.08 Å². The van der Waals surface area contributed by atoms with Gasteiger partial charge in [0.05, 0.1) is 19.0 Å². The molecular formula is C77H121F3. The van der Waals surface area contributed by atoms with Crippen molar-refractivity contribution < 1.29 is 13.2 Å². The summed E-state index contributed by atoms with van der Waals surface area (Å²) in [6.07, 6.45) is 64.3. The van der Waals surface area contributed by atoms with E-state index in [0.717, 1.165) is 97.0 Å². The summed E-state index contributed by atoms with van der Waals surface area (Å²) in [5.41, 5.74) is 13.4. The first-order valence-electron chi connectivity index (χ1n) is 34.2. The maximum Gasteiger partial charge on any atom is 0.0827 e. The molecule has 450 valence electrons. The minimum atomic E-state index is 0.674. The zero-order valence-electron chi connectivity index (χ0n) is 53.4. The highest BCUT2D eigenvalue weighted by molar-refractivity contribution is 5.65. The van der Waals surface area contributed by atoms with Gasteiger partial charge in [0.2, 0.25) is 0 Å². The van der Waals surface area contributed by atoms with Crippen molar-refractivity contribution in [3.8, 4) is 0 Å². The van der Waals surface area contributed by atoms with E-state index in [9.17, 15) is 13.2 Å². The Morgan fingerprint density at radius 1 is 0.338 bits per heavy atom. The molecule has 0 spiro atoms. The molecule has 7 aliphatic carbocycles. The molecule has 80 heavy (non-hydrogen) atoms. The molecule has 1 aromatic carbocycles. The van der Waals surface area contributed by atoms with Gasteiger partial charge in [0, 0.05) is 0 Å². The first kappa shape index (κ1) is 66.3. The van der Waals surface area contributed by atoms with Gasteiger partial charge in [-0.2, -0.15) is 0 Å². The summed E-state index contributed by atoms with van der Waals surface area (Å²) >= 11 is 0. The number of rotatable bonds is 17. The van der Waals surface area contributed by atoms with Crippen LogP contribution in [0.2, 0.25) is 0 Å². The zero-order valence-corrected chi connectivity index (χ0v) is 53.4. The Bertz CT molecular complexity index is 2090. The molecule has 8 rings (SSSR count). The highest BCUT2D eigenvalue weighted by Gasteiger charge is 2.28. The number of hydrogen-bond donors (Lipinski definition) is 0. The van der Waals surface area contributed by atoms with E-state index in [2.05, 4.69) is 99.6 Å². The molecule has 0 aromatic heterocycles. The lowest BCUT2D eigenvalue weighted by atomic mass is 9.74. The van der Waals surface area contributed by atoms with E-state index >= 15 is 0 Å². The maximum absolute atomic E-state index is 12.2. The van der Waals surface area contributed by atoms with Gasteiger partial charge in [-0.25, -0.2) is 13.2 Å². The normalized spacial score (nSPS) is 33.4. The second kappa shape index (κ2) is 35.5. The van der Waals surface area contributed by atoms with Crippen molar-refractivity contribution in [2.75, 3.05) is 0 Å². The fraction of sp³-hybridized carbons (Fsp3) is 0.740. The molecule has 7 aliphatic rings. The highest BCUT2D eigenvalue weighted by atomic mass is 19.1. The largest absolute Gasteiger partial charge is 0.216 e. The summed E-state index contributed by atoms with van der Waals surface area (Å²) in [6.45, 7) is 23.2. The molecule has 0 radical (unpaired) electrons. The molecule has 0 amide bonds. The summed E-state index contributed by atoms with van der Waals surface area (Å²) in [4.78, 5) is 0. The first-order chi connectivity index (χ1) is 38.6. The van der Waals surface area contributed by atoms with E-state index in [1.54, 1.807) is 29.4 Å². The molecule has 0 bridgehead atoms. The van der Waals surface area contributed by atoms with Crippen molar-refractivity contribution in [2.24, 2.45) is 82.9 Å². The van der Waals surface area contributed by atoms with E-state index in [-0.39, 0.29) is 0 Å². The van der Waals surface area contributed by atoms with Gasteiger partial charge < -0.3 is 0 Å². The van der Waals surface area contributed by atoms with Crippen LogP contribution >= 0.6 is 0 Å². The second-order valence-electron chi connectivity index (χ2n) is 28.8. The summed E-state index contributed by atoms with van der Waals surface area (Å²) in [6, 6.07) is 0. The Balaban J connectivity index is 0.000000194. The lowest BCUT2D eigenvalue weighted by Crippen LogP contribution is -2.18.